The van der Waals surface area contributed by atoms with Gasteiger partial charge in [-0.15, -0.1) is 0 Å². The monoisotopic (exact) mass is 436 g/mol. The van der Waals surface area contributed by atoms with Crippen LogP contribution in [0.15, 0.2) is 108 Å². The topological polar surface area (TPSA) is 36.2 Å². The molecule has 0 unspecified atom stereocenters. The maximum atomic E-state index is 14.2. The molecule has 0 atom stereocenters. The number of aromatic nitrogens is 2. The van der Waals surface area contributed by atoms with E-state index < -0.39 is 0 Å². The van der Waals surface area contributed by atoms with E-state index in [-0.39, 0.29) is 12.4 Å². The summed E-state index contributed by atoms with van der Waals surface area (Å²) in [6.07, 6.45) is 0. The van der Waals surface area contributed by atoms with Crippen molar-refractivity contribution in [2.45, 2.75) is 0 Å². The fourth-order valence-corrected chi connectivity index (χ4v) is 5.79. The Hall–Kier alpha value is -4.51. The molecule has 6 aromatic rings. The van der Waals surface area contributed by atoms with E-state index in [1.165, 1.54) is 0 Å². The molecule has 2 aliphatic rings. The zero-order valence-electron chi connectivity index (χ0n) is 18.1. The molecule has 2 aliphatic heterocycles. The van der Waals surface area contributed by atoms with Crippen LogP contribution in [-0.4, -0.2) is 16.1 Å². The summed E-state index contributed by atoms with van der Waals surface area (Å²) in [6, 6.07) is 34.8. The average molecular weight is 436 g/mol. The highest BCUT2D eigenvalue weighted by molar-refractivity contribution is 6.87. The fraction of sp³-hybridized carbons (Fsp3) is 0. The van der Waals surface area contributed by atoms with Crippen LogP contribution >= 0.6 is 0 Å². The number of benzene rings is 5. The first kappa shape index (κ1) is 18.0. The maximum absolute atomic E-state index is 14.2. The highest BCUT2D eigenvalue weighted by atomic mass is 16.5. The normalized spacial score (nSPS) is 13.0. The minimum Gasteiger partial charge on any atom is -0.458 e. The predicted octanol–water partition coefficient (Wildman–Crippen LogP) is 4.69. The summed E-state index contributed by atoms with van der Waals surface area (Å²) in [7, 11) is 0. The molecule has 1 aromatic heterocycles. The SMILES string of the molecule is O=c1c2c(-c3ccccc3)cccc2n2n1B1c3ccc4ccccc4c3Oc3cccc-2c31. The van der Waals surface area contributed by atoms with Crippen molar-refractivity contribution in [2.75, 3.05) is 0 Å². The first-order chi connectivity index (χ1) is 16.8. The Bertz CT molecular complexity index is 1870. The lowest BCUT2D eigenvalue weighted by Gasteiger charge is -2.24. The molecule has 0 bridgehead atoms. The molecule has 34 heavy (non-hydrogen) atoms. The van der Waals surface area contributed by atoms with Crippen molar-refractivity contribution in [1.29, 1.82) is 0 Å². The molecule has 4 nitrogen and oxygen atoms in total. The summed E-state index contributed by atoms with van der Waals surface area (Å²) >= 11 is 0. The van der Waals surface area contributed by atoms with Crippen LogP contribution < -0.4 is 21.2 Å². The molecule has 0 spiro atoms. The minimum atomic E-state index is -0.233. The molecule has 0 fully saturated rings. The van der Waals surface area contributed by atoms with Gasteiger partial charge in [-0.1, -0.05) is 84.9 Å². The summed E-state index contributed by atoms with van der Waals surface area (Å²) in [5.74, 6) is 1.65. The third-order valence-corrected chi connectivity index (χ3v) is 7.20. The van der Waals surface area contributed by atoms with E-state index in [0.29, 0.717) is 0 Å². The molecule has 0 radical (unpaired) electrons. The number of fused-ring (bicyclic) bond motifs is 9. The number of hydrogen-bond donors (Lipinski definition) is 0. The number of nitrogens with zero attached hydrogens (tertiary/aromatic N) is 2. The lowest BCUT2D eigenvalue weighted by molar-refractivity contribution is 0.493. The van der Waals surface area contributed by atoms with E-state index in [0.717, 1.165) is 60.9 Å². The van der Waals surface area contributed by atoms with Crippen molar-refractivity contribution in [3.8, 4) is 28.3 Å². The highest BCUT2D eigenvalue weighted by Gasteiger charge is 2.44. The Morgan fingerprint density at radius 1 is 0.735 bits per heavy atom. The zero-order chi connectivity index (χ0) is 22.4. The Labute approximate surface area is 195 Å². The molecular formula is C29H17BN2O2. The molecule has 5 heteroatoms. The molecule has 0 aliphatic carbocycles. The molecule has 0 N–H and O–H groups in total. The van der Waals surface area contributed by atoms with Gasteiger partial charge in [0.15, 0.2) is 0 Å². The minimum absolute atomic E-state index is 0.0163. The van der Waals surface area contributed by atoms with Crippen molar-refractivity contribution in [2.24, 2.45) is 0 Å². The first-order valence-corrected chi connectivity index (χ1v) is 11.5. The van der Waals surface area contributed by atoms with Crippen LogP contribution in [0.4, 0.5) is 0 Å². The summed E-state index contributed by atoms with van der Waals surface area (Å²) in [6.45, 7) is -0.233. The molecule has 0 amide bonds. The van der Waals surface area contributed by atoms with E-state index in [1.807, 2.05) is 65.3 Å². The quantitative estimate of drug-likeness (QED) is 0.350. The number of hydrogen-bond acceptors (Lipinski definition) is 2. The van der Waals surface area contributed by atoms with Gasteiger partial charge in [-0.3, -0.25) is 14.1 Å². The molecule has 5 aromatic carbocycles. The molecule has 8 rings (SSSR count). The van der Waals surface area contributed by atoms with Gasteiger partial charge in [0.25, 0.3) is 5.56 Å². The van der Waals surface area contributed by atoms with Crippen molar-refractivity contribution in [3.63, 3.8) is 0 Å². The van der Waals surface area contributed by atoms with Gasteiger partial charge in [0.1, 0.15) is 11.5 Å². The standard InChI is InChI=1S/C29H17BN2O2/c33-29-26-20(18-8-2-1-3-9-18)12-6-13-23(26)31-24-14-7-15-25-27(24)30(32(29)31)22-17-16-19-10-4-5-11-21(19)28(22)34-25/h1-17H. The third-order valence-electron chi connectivity index (χ3n) is 7.20. The Balaban J connectivity index is 1.51. The highest BCUT2D eigenvalue weighted by Crippen LogP contribution is 2.37. The Kier molecular flexibility index (Phi) is 3.33. The predicted molar refractivity (Wildman–Crippen MR) is 137 cm³/mol. The molecular weight excluding hydrogens is 419 g/mol. The van der Waals surface area contributed by atoms with Crippen LogP contribution in [0.2, 0.25) is 0 Å². The molecule has 0 saturated carbocycles. The summed E-state index contributed by atoms with van der Waals surface area (Å²) in [5.41, 5.74) is 6.00. The smallest absolute Gasteiger partial charge is 0.361 e. The largest absolute Gasteiger partial charge is 0.458 e. The van der Waals surface area contributed by atoms with Crippen molar-refractivity contribution >= 4 is 39.4 Å². The van der Waals surface area contributed by atoms with Crippen molar-refractivity contribution < 1.29 is 4.74 Å². The van der Waals surface area contributed by atoms with E-state index in [1.54, 1.807) is 0 Å². The van der Waals surface area contributed by atoms with Crippen LogP contribution in [0, 0.1) is 0 Å². The third kappa shape index (κ3) is 2.12. The maximum Gasteiger partial charge on any atom is 0.361 e. The van der Waals surface area contributed by atoms with Gasteiger partial charge in [-0.05, 0) is 40.2 Å². The zero-order valence-corrected chi connectivity index (χ0v) is 18.1. The van der Waals surface area contributed by atoms with Crippen molar-refractivity contribution in [1.82, 2.24) is 9.27 Å². The van der Waals surface area contributed by atoms with Gasteiger partial charge < -0.3 is 4.74 Å². The summed E-state index contributed by atoms with van der Waals surface area (Å²) < 4.78 is 10.5. The van der Waals surface area contributed by atoms with Crippen LogP contribution in [0.25, 0.3) is 38.5 Å². The Morgan fingerprint density at radius 2 is 1.56 bits per heavy atom. The first-order valence-electron chi connectivity index (χ1n) is 11.5. The van der Waals surface area contributed by atoms with Gasteiger partial charge in [0, 0.05) is 10.8 Å². The van der Waals surface area contributed by atoms with E-state index in [9.17, 15) is 4.79 Å². The van der Waals surface area contributed by atoms with E-state index >= 15 is 0 Å². The average Bonchev–Trinajstić information content (AvgIpc) is 3.39. The van der Waals surface area contributed by atoms with Gasteiger partial charge in [-0.25, -0.2) is 0 Å². The van der Waals surface area contributed by atoms with Crippen LogP contribution in [0.1, 0.15) is 0 Å². The summed E-state index contributed by atoms with van der Waals surface area (Å²) in [4.78, 5) is 14.2. The van der Waals surface area contributed by atoms with Crippen LogP contribution in [-0.2, 0) is 0 Å². The second-order valence-corrected chi connectivity index (χ2v) is 8.93. The van der Waals surface area contributed by atoms with Gasteiger partial charge >= 0.3 is 6.85 Å². The van der Waals surface area contributed by atoms with Crippen LogP contribution in [0.3, 0.4) is 0 Å². The van der Waals surface area contributed by atoms with Gasteiger partial charge in [0.2, 0.25) is 0 Å². The number of ether oxygens (including phenoxy) is 1. The number of rotatable bonds is 1. The molecule has 0 saturated heterocycles. The van der Waals surface area contributed by atoms with E-state index in [2.05, 4.69) is 47.1 Å². The van der Waals surface area contributed by atoms with E-state index in [4.69, 9.17) is 4.74 Å². The second-order valence-electron chi connectivity index (χ2n) is 8.93. The second kappa shape index (κ2) is 6.30. The lowest BCUT2D eigenvalue weighted by atomic mass is 9.49. The fourth-order valence-electron chi connectivity index (χ4n) is 5.79. The van der Waals surface area contributed by atoms with Gasteiger partial charge in [0.05, 0.1) is 16.6 Å². The van der Waals surface area contributed by atoms with Gasteiger partial charge in [-0.2, -0.15) is 0 Å². The lowest BCUT2D eigenvalue weighted by Crippen LogP contribution is -2.52. The molecule has 3 heterocycles. The van der Waals surface area contributed by atoms with Crippen LogP contribution in [0.5, 0.6) is 11.5 Å². The summed E-state index contributed by atoms with van der Waals surface area (Å²) in [5, 5.41) is 2.93. The van der Waals surface area contributed by atoms with Crippen molar-refractivity contribution in [3.05, 3.63) is 113 Å². The molecule has 158 valence electrons. The Morgan fingerprint density at radius 3 is 2.47 bits per heavy atom.